The monoisotopic (exact) mass is 342 g/mol. The number of aromatic nitrogens is 2. The van der Waals surface area contributed by atoms with E-state index in [-0.39, 0.29) is 18.1 Å². The standard InChI is InChI=1S/C19H26N4O2/c1-2-22-16-5-3-4-6-17(16)23(19(22)25)13-18(24)21-9-7-14-11-20-12-15(14)8-10-21/h3-6,14-15,20H,2,7-13H2,1H3/t14-,15+. The Hall–Kier alpha value is -2.08. The minimum atomic E-state index is -0.0899. The zero-order chi connectivity index (χ0) is 17.4. The van der Waals surface area contributed by atoms with Crippen LogP contribution in [-0.4, -0.2) is 46.1 Å². The average molecular weight is 342 g/mol. The van der Waals surface area contributed by atoms with Gasteiger partial charge in [0.25, 0.3) is 0 Å². The van der Waals surface area contributed by atoms with Gasteiger partial charge in [0, 0.05) is 19.6 Å². The van der Waals surface area contributed by atoms with Gasteiger partial charge in [0.1, 0.15) is 6.54 Å². The van der Waals surface area contributed by atoms with Gasteiger partial charge in [0.15, 0.2) is 0 Å². The van der Waals surface area contributed by atoms with Crippen LogP contribution in [0.2, 0.25) is 0 Å². The second-order valence-electron chi connectivity index (χ2n) is 7.24. The number of carbonyl (C=O) groups is 1. The molecule has 0 spiro atoms. The van der Waals surface area contributed by atoms with Crippen LogP contribution in [-0.2, 0) is 17.9 Å². The number of carbonyl (C=O) groups excluding carboxylic acids is 1. The first-order chi connectivity index (χ1) is 12.2. The Morgan fingerprint density at radius 2 is 1.68 bits per heavy atom. The van der Waals surface area contributed by atoms with E-state index in [1.54, 1.807) is 9.13 Å². The molecule has 1 aromatic heterocycles. The van der Waals surface area contributed by atoms with Crippen LogP contribution in [0.15, 0.2) is 29.1 Å². The third-order valence-electron chi connectivity index (χ3n) is 5.91. The third kappa shape index (κ3) is 2.88. The SMILES string of the molecule is CCn1c(=O)n(CC(=O)N2CC[C@@H]3CNC[C@@H]3CC2)c2ccccc21. The van der Waals surface area contributed by atoms with E-state index < -0.39 is 0 Å². The number of hydrogen-bond acceptors (Lipinski definition) is 3. The number of hydrogen-bond donors (Lipinski definition) is 1. The summed E-state index contributed by atoms with van der Waals surface area (Å²) < 4.78 is 3.37. The molecule has 2 aliphatic heterocycles. The molecule has 4 rings (SSSR count). The first-order valence-electron chi connectivity index (χ1n) is 9.35. The van der Waals surface area contributed by atoms with Gasteiger partial charge in [-0.15, -0.1) is 0 Å². The molecule has 0 unspecified atom stereocenters. The Bertz CT molecular complexity index is 824. The molecule has 2 atom stereocenters. The Morgan fingerprint density at radius 3 is 2.28 bits per heavy atom. The summed E-state index contributed by atoms with van der Waals surface area (Å²) in [4.78, 5) is 27.5. The summed E-state index contributed by atoms with van der Waals surface area (Å²) in [6.45, 7) is 6.49. The Balaban J connectivity index is 1.56. The van der Waals surface area contributed by atoms with Crippen molar-refractivity contribution in [3.8, 4) is 0 Å². The topological polar surface area (TPSA) is 59.3 Å². The first kappa shape index (κ1) is 16.4. The fourth-order valence-corrected chi connectivity index (χ4v) is 4.43. The number of aryl methyl sites for hydroxylation is 1. The number of nitrogens with zero attached hydrogens (tertiary/aromatic N) is 3. The minimum Gasteiger partial charge on any atom is -0.341 e. The normalized spacial score (nSPS) is 23.6. The fraction of sp³-hybridized carbons (Fsp3) is 0.579. The highest BCUT2D eigenvalue weighted by molar-refractivity contribution is 5.81. The number of para-hydroxylation sites is 2. The predicted octanol–water partition coefficient (Wildman–Crippen LogP) is 1.28. The van der Waals surface area contributed by atoms with Crippen molar-refractivity contribution >= 4 is 16.9 Å². The van der Waals surface area contributed by atoms with E-state index in [0.29, 0.717) is 18.4 Å². The Morgan fingerprint density at radius 1 is 1.08 bits per heavy atom. The molecule has 0 saturated carbocycles. The average Bonchev–Trinajstić information content (AvgIpc) is 3.11. The smallest absolute Gasteiger partial charge is 0.329 e. The van der Waals surface area contributed by atoms with Crippen molar-refractivity contribution in [3.63, 3.8) is 0 Å². The first-order valence-corrected chi connectivity index (χ1v) is 9.35. The number of fused-ring (bicyclic) bond motifs is 2. The number of rotatable bonds is 3. The lowest BCUT2D eigenvalue weighted by atomic mass is 9.92. The summed E-state index contributed by atoms with van der Waals surface area (Å²) in [6.07, 6.45) is 2.13. The lowest BCUT2D eigenvalue weighted by Gasteiger charge is -2.21. The molecular weight excluding hydrogens is 316 g/mol. The van der Waals surface area contributed by atoms with Gasteiger partial charge in [-0.3, -0.25) is 13.9 Å². The zero-order valence-corrected chi connectivity index (χ0v) is 14.8. The lowest BCUT2D eigenvalue weighted by molar-refractivity contribution is -0.131. The summed E-state index contributed by atoms with van der Waals surface area (Å²) >= 11 is 0. The summed E-state index contributed by atoms with van der Waals surface area (Å²) in [7, 11) is 0. The van der Waals surface area contributed by atoms with Gasteiger partial charge in [-0.25, -0.2) is 4.79 Å². The Labute approximate surface area is 147 Å². The van der Waals surface area contributed by atoms with Gasteiger partial charge >= 0.3 is 5.69 Å². The van der Waals surface area contributed by atoms with Crippen LogP contribution >= 0.6 is 0 Å². The van der Waals surface area contributed by atoms with Crippen LogP contribution in [0.5, 0.6) is 0 Å². The van der Waals surface area contributed by atoms with Gasteiger partial charge in [0.05, 0.1) is 11.0 Å². The fourth-order valence-electron chi connectivity index (χ4n) is 4.43. The van der Waals surface area contributed by atoms with Crippen molar-refractivity contribution in [3.05, 3.63) is 34.7 Å². The predicted molar refractivity (Wildman–Crippen MR) is 97.5 cm³/mol. The highest BCUT2D eigenvalue weighted by Crippen LogP contribution is 2.27. The molecule has 2 aromatic rings. The van der Waals surface area contributed by atoms with Crippen LogP contribution in [0.25, 0.3) is 11.0 Å². The highest BCUT2D eigenvalue weighted by Gasteiger charge is 2.31. The third-order valence-corrected chi connectivity index (χ3v) is 5.91. The molecule has 0 radical (unpaired) electrons. The molecular formula is C19H26N4O2. The van der Waals surface area contributed by atoms with Crippen LogP contribution < -0.4 is 11.0 Å². The molecule has 2 saturated heterocycles. The lowest BCUT2D eigenvalue weighted by Crippen LogP contribution is -2.37. The zero-order valence-electron chi connectivity index (χ0n) is 14.8. The summed E-state index contributed by atoms with van der Waals surface area (Å²) in [5, 5.41) is 3.46. The van der Waals surface area contributed by atoms with E-state index in [2.05, 4.69) is 5.32 Å². The molecule has 1 amide bonds. The van der Waals surface area contributed by atoms with E-state index in [4.69, 9.17) is 0 Å². The van der Waals surface area contributed by atoms with Crippen molar-refractivity contribution in [2.45, 2.75) is 32.9 Å². The molecule has 2 aliphatic rings. The minimum absolute atomic E-state index is 0.0639. The maximum Gasteiger partial charge on any atom is 0.329 e. The highest BCUT2D eigenvalue weighted by atomic mass is 16.2. The van der Waals surface area contributed by atoms with Gasteiger partial charge < -0.3 is 10.2 Å². The second kappa shape index (κ2) is 6.67. The summed E-state index contributed by atoms with van der Waals surface area (Å²) in [5.74, 6) is 1.46. The van der Waals surface area contributed by atoms with Gasteiger partial charge in [-0.05, 0) is 56.8 Å². The number of nitrogens with one attached hydrogen (secondary N) is 1. The molecule has 0 aliphatic carbocycles. The van der Waals surface area contributed by atoms with Crippen LogP contribution in [0.1, 0.15) is 19.8 Å². The molecule has 25 heavy (non-hydrogen) atoms. The molecule has 6 heteroatoms. The van der Waals surface area contributed by atoms with E-state index in [9.17, 15) is 9.59 Å². The quantitative estimate of drug-likeness (QED) is 0.914. The van der Waals surface area contributed by atoms with Gasteiger partial charge in [0.2, 0.25) is 5.91 Å². The van der Waals surface area contributed by atoms with Gasteiger partial charge in [-0.2, -0.15) is 0 Å². The van der Waals surface area contributed by atoms with Crippen molar-refractivity contribution in [2.24, 2.45) is 11.8 Å². The number of amides is 1. The van der Waals surface area contributed by atoms with Crippen LogP contribution in [0.3, 0.4) is 0 Å². The molecule has 2 fully saturated rings. The van der Waals surface area contributed by atoms with Crippen LogP contribution in [0, 0.1) is 11.8 Å². The Kier molecular flexibility index (Phi) is 4.37. The van der Waals surface area contributed by atoms with Crippen molar-refractivity contribution in [2.75, 3.05) is 26.2 Å². The molecule has 3 heterocycles. The molecule has 134 valence electrons. The molecule has 1 aromatic carbocycles. The van der Waals surface area contributed by atoms with Crippen LogP contribution in [0.4, 0.5) is 0 Å². The maximum atomic E-state index is 12.9. The molecule has 1 N–H and O–H groups in total. The van der Waals surface area contributed by atoms with E-state index in [1.165, 1.54) is 0 Å². The second-order valence-corrected chi connectivity index (χ2v) is 7.24. The van der Waals surface area contributed by atoms with E-state index in [1.807, 2.05) is 36.1 Å². The summed E-state index contributed by atoms with van der Waals surface area (Å²) in [6, 6.07) is 7.72. The van der Waals surface area contributed by atoms with E-state index in [0.717, 1.165) is 50.1 Å². The largest absolute Gasteiger partial charge is 0.341 e. The summed E-state index contributed by atoms with van der Waals surface area (Å²) in [5.41, 5.74) is 1.66. The number of likely N-dealkylation sites (tertiary alicyclic amines) is 1. The van der Waals surface area contributed by atoms with Crippen molar-refractivity contribution < 1.29 is 4.79 Å². The van der Waals surface area contributed by atoms with E-state index >= 15 is 0 Å². The number of benzene rings is 1. The van der Waals surface area contributed by atoms with Crippen molar-refractivity contribution in [1.82, 2.24) is 19.4 Å². The molecule has 6 nitrogen and oxygen atoms in total. The van der Waals surface area contributed by atoms with Gasteiger partial charge in [-0.1, -0.05) is 12.1 Å². The van der Waals surface area contributed by atoms with Crippen molar-refractivity contribution in [1.29, 1.82) is 0 Å². The number of imidazole rings is 1. The maximum absolute atomic E-state index is 12.9. The molecule has 0 bridgehead atoms.